The number of ether oxygens (including phenoxy) is 1. The molecule has 1 atom stereocenters. The summed E-state index contributed by atoms with van der Waals surface area (Å²) >= 11 is 5.88. The molecule has 4 N–H and O–H groups in total. The molecule has 1 aromatic rings. The third kappa shape index (κ3) is 2.05. The smallest absolute Gasteiger partial charge is 0.325 e. The molecule has 0 heterocycles. The van der Waals surface area contributed by atoms with Crippen LogP contribution in [0.2, 0.25) is 5.02 Å². The predicted molar refractivity (Wildman–Crippen MR) is 59.0 cm³/mol. The fraction of sp³-hybridized carbons (Fsp3) is 0.300. The number of carboxylic acids is 1. The van der Waals surface area contributed by atoms with Crippen molar-refractivity contribution >= 4 is 17.6 Å². The second kappa shape index (κ2) is 4.59. The number of rotatable bonds is 3. The summed E-state index contributed by atoms with van der Waals surface area (Å²) < 4.78 is 4.94. The number of phenols is 1. The molecule has 1 unspecified atom stereocenters. The van der Waals surface area contributed by atoms with E-state index in [4.69, 9.17) is 27.2 Å². The number of aliphatic carboxylic acids is 1. The number of aromatic hydroxyl groups is 1. The minimum Gasteiger partial charge on any atom is -0.504 e. The third-order valence-corrected chi connectivity index (χ3v) is 2.67. The van der Waals surface area contributed by atoms with Gasteiger partial charge in [0.15, 0.2) is 11.5 Å². The molecule has 0 fully saturated rings. The lowest BCUT2D eigenvalue weighted by atomic mass is 10.0. The van der Waals surface area contributed by atoms with Gasteiger partial charge in [-0.25, -0.2) is 0 Å². The maximum Gasteiger partial charge on any atom is 0.325 e. The maximum absolute atomic E-state index is 10.7. The van der Waals surface area contributed by atoms with Crippen LogP contribution in [0.15, 0.2) is 6.07 Å². The molecular weight excluding hydrogens is 234 g/mol. The summed E-state index contributed by atoms with van der Waals surface area (Å²) in [4.78, 5) is 10.7. The number of nitrogens with two attached hydrogens (primary N) is 1. The van der Waals surface area contributed by atoms with Crippen LogP contribution in [0, 0.1) is 6.92 Å². The fourth-order valence-electron chi connectivity index (χ4n) is 1.35. The highest BCUT2D eigenvalue weighted by atomic mass is 35.5. The second-order valence-electron chi connectivity index (χ2n) is 3.27. The first kappa shape index (κ1) is 12.6. The van der Waals surface area contributed by atoms with Crippen LogP contribution in [0.4, 0.5) is 0 Å². The van der Waals surface area contributed by atoms with E-state index in [1.807, 2.05) is 0 Å². The van der Waals surface area contributed by atoms with Gasteiger partial charge < -0.3 is 20.7 Å². The monoisotopic (exact) mass is 245 g/mol. The lowest BCUT2D eigenvalue weighted by Gasteiger charge is -2.15. The first-order valence-electron chi connectivity index (χ1n) is 4.44. The first-order chi connectivity index (χ1) is 7.40. The van der Waals surface area contributed by atoms with Gasteiger partial charge in [-0.3, -0.25) is 4.79 Å². The van der Waals surface area contributed by atoms with Crippen LogP contribution in [0.3, 0.4) is 0 Å². The van der Waals surface area contributed by atoms with Gasteiger partial charge in [0.25, 0.3) is 0 Å². The molecule has 0 aliphatic carbocycles. The number of halogens is 1. The average Bonchev–Trinajstić information content (AvgIpc) is 2.23. The topological polar surface area (TPSA) is 92.8 Å². The standard InChI is InChI=1S/C10H12ClNO4/c1-4-6(11)3-5(7(12)10(14)15)8(13)9(4)16-2/h3,7,13H,12H2,1-2H3,(H,14,15). The van der Waals surface area contributed by atoms with E-state index in [0.717, 1.165) is 0 Å². The van der Waals surface area contributed by atoms with Crippen molar-refractivity contribution in [2.24, 2.45) is 5.73 Å². The van der Waals surface area contributed by atoms with E-state index in [1.54, 1.807) is 6.92 Å². The van der Waals surface area contributed by atoms with E-state index >= 15 is 0 Å². The molecule has 0 aliphatic heterocycles. The highest BCUT2D eigenvalue weighted by Crippen LogP contribution is 2.40. The molecule has 0 aromatic heterocycles. The van der Waals surface area contributed by atoms with Gasteiger partial charge in [-0.2, -0.15) is 0 Å². The quantitative estimate of drug-likeness (QED) is 0.749. The first-order valence-corrected chi connectivity index (χ1v) is 4.82. The van der Waals surface area contributed by atoms with E-state index in [-0.39, 0.29) is 17.1 Å². The van der Waals surface area contributed by atoms with E-state index in [1.165, 1.54) is 13.2 Å². The van der Waals surface area contributed by atoms with Gasteiger partial charge in [-0.15, -0.1) is 0 Å². The van der Waals surface area contributed by atoms with E-state index in [2.05, 4.69) is 0 Å². The van der Waals surface area contributed by atoms with Crippen LogP contribution in [0.25, 0.3) is 0 Å². The van der Waals surface area contributed by atoms with Gasteiger partial charge in [0.1, 0.15) is 6.04 Å². The zero-order chi connectivity index (χ0) is 12.5. The highest BCUT2D eigenvalue weighted by Gasteiger charge is 2.23. The molecule has 0 amide bonds. The summed E-state index contributed by atoms with van der Waals surface area (Å²) in [5, 5.41) is 18.8. The van der Waals surface area contributed by atoms with Gasteiger partial charge in [0, 0.05) is 16.1 Å². The molecule has 0 saturated heterocycles. The number of benzene rings is 1. The minimum atomic E-state index is -1.34. The van der Waals surface area contributed by atoms with E-state index in [9.17, 15) is 9.90 Å². The summed E-state index contributed by atoms with van der Waals surface area (Å²) in [6.45, 7) is 1.65. The van der Waals surface area contributed by atoms with Crippen molar-refractivity contribution in [1.29, 1.82) is 0 Å². The number of phenolic OH excluding ortho intramolecular Hbond substituents is 1. The van der Waals surface area contributed by atoms with Gasteiger partial charge in [-0.05, 0) is 13.0 Å². The lowest BCUT2D eigenvalue weighted by molar-refractivity contribution is -0.138. The lowest BCUT2D eigenvalue weighted by Crippen LogP contribution is -2.21. The van der Waals surface area contributed by atoms with Crippen molar-refractivity contribution in [3.05, 3.63) is 22.2 Å². The average molecular weight is 246 g/mol. The second-order valence-corrected chi connectivity index (χ2v) is 3.68. The number of carbonyl (C=O) groups is 1. The predicted octanol–water partition coefficient (Wildman–Crippen LogP) is 1.45. The fourth-order valence-corrected chi connectivity index (χ4v) is 1.55. The largest absolute Gasteiger partial charge is 0.504 e. The van der Waals surface area contributed by atoms with Gasteiger partial charge in [0.2, 0.25) is 0 Å². The van der Waals surface area contributed by atoms with Crippen molar-refractivity contribution in [2.75, 3.05) is 7.11 Å². The maximum atomic E-state index is 10.7. The number of hydrogen-bond donors (Lipinski definition) is 3. The minimum absolute atomic E-state index is 0.0277. The van der Waals surface area contributed by atoms with Crippen molar-refractivity contribution in [3.63, 3.8) is 0 Å². The summed E-state index contributed by atoms with van der Waals surface area (Å²) in [5.74, 6) is -1.41. The molecule has 1 rings (SSSR count). The summed E-state index contributed by atoms with van der Waals surface area (Å²) in [6.07, 6.45) is 0. The third-order valence-electron chi connectivity index (χ3n) is 2.27. The molecule has 0 aliphatic rings. The SMILES string of the molecule is COc1c(C)c(Cl)cc(C(N)C(=O)O)c1O. The van der Waals surface area contributed by atoms with Crippen LogP contribution in [0.5, 0.6) is 11.5 Å². The molecule has 0 bridgehead atoms. The van der Waals surface area contributed by atoms with Crippen molar-refractivity contribution in [2.45, 2.75) is 13.0 Å². The van der Waals surface area contributed by atoms with Crippen LogP contribution in [0.1, 0.15) is 17.2 Å². The number of hydrogen-bond acceptors (Lipinski definition) is 4. The Morgan fingerprint density at radius 3 is 2.62 bits per heavy atom. The molecular formula is C10H12ClNO4. The molecule has 0 radical (unpaired) electrons. The van der Waals surface area contributed by atoms with E-state index in [0.29, 0.717) is 10.6 Å². The Balaban J connectivity index is 3.42. The summed E-state index contributed by atoms with van der Waals surface area (Å²) in [6, 6.07) is -0.0138. The van der Waals surface area contributed by atoms with Crippen LogP contribution < -0.4 is 10.5 Å². The molecule has 6 heteroatoms. The van der Waals surface area contributed by atoms with Gasteiger partial charge in [-0.1, -0.05) is 11.6 Å². The van der Waals surface area contributed by atoms with Crippen molar-refractivity contribution < 1.29 is 19.7 Å². The zero-order valence-corrected chi connectivity index (χ0v) is 9.58. The Bertz CT molecular complexity index is 433. The highest BCUT2D eigenvalue weighted by molar-refractivity contribution is 6.31. The summed E-state index contributed by atoms with van der Waals surface area (Å²) in [7, 11) is 1.36. The molecule has 5 nitrogen and oxygen atoms in total. The van der Waals surface area contributed by atoms with Gasteiger partial charge >= 0.3 is 5.97 Å². The Kier molecular flexibility index (Phi) is 3.62. The Labute approximate surface area is 97.4 Å². The normalized spacial score (nSPS) is 12.2. The zero-order valence-electron chi connectivity index (χ0n) is 8.82. The molecule has 16 heavy (non-hydrogen) atoms. The van der Waals surface area contributed by atoms with Crippen molar-refractivity contribution in [1.82, 2.24) is 0 Å². The Morgan fingerprint density at radius 2 is 2.19 bits per heavy atom. The molecule has 1 aromatic carbocycles. The summed E-state index contributed by atoms with van der Waals surface area (Å²) in [5.41, 5.74) is 5.97. The van der Waals surface area contributed by atoms with Crippen molar-refractivity contribution in [3.8, 4) is 11.5 Å². The Hall–Kier alpha value is -1.46. The van der Waals surface area contributed by atoms with Gasteiger partial charge in [0.05, 0.1) is 7.11 Å². The number of methoxy groups -OCH3 is 1. The van der Waals surface area contributed by atoms with Crippen LogP contribution >= 0.6 is 11.6 Å². The molecule has 0 saturated carbocycles. The molecule has 0 spiro atoms. The van der Waals surface area contributed by atoms with Crippen LogP contribution in [-0.2, 0) is 4.79 Å². The molecule has 88 valence electrons. The van der Waals surface area contributed by atoms with Crippen LogP contribution in [-0.4, -0.2) is 23.3 Å². The van der Waals surface area contributed by atoms with E-state index < -0.39 is 12.0 Å². The number of carboxylic acid groups (broad SMARTS) is 1. The Morgan fingerprint density at radius 1 is 1.62 bits per heavy atom.